The molecule has 0 radical (unpaired) electrons. The molecular formula is C69H99F3N4O12. The number of carbonyl (C=O) groups is 6. The fourth-order valence-corrected chi connectivity index (χ4v) is 11.2. The summed E-state index contributed by atoms with van der Waals surface area (Å²) in [5, 5.41) is 0. The first-order valence-electron chi connectivity index (χ1n) is 30.9. The number of ether oxygens (including phenoxy) is 6. The maximum absolute atomic E-state index is 18.0. The molecule has 3 aliphatic heterocycles. The van der Waals surface area contributed by atoms with Gasteiger partial charge in [0.25, 0.3) is 0 Å². The van der Waals surface area contributed by atoms with Gasteiger partial charge >= 0.3 is 24.2 Å². The van der Waals surface area contributed by atoms with Gasteiger partial charge in [0.15, 0.2) is 0 Å². The number of rotatable bonds is 20. The van der Waals surface area contributed by atoms with Gasteiger partial charge in [-0.15, -0.1) is 0 Å². The third kappa shape index (κ3) is 20.0. The number of hydrogen-bond acceptors (Lipinski definition) is 13. The molecule has 88 heavy (non-hydrogen) atoms. The lowest BCUT2D eigenvalue weighted by molar-refractivity contribution is -0.173. The van der Waals surface area contributed by atoms with Crippen LogP contribution >= 0.6 is 0 Å². The van der Waals surface area contributed by atoms with Gasteiger partial charge in [-0.05, 0) is 178 Å². The Balaban J connectivity index is 1.37. The van der Waals surface area contributed by atoms with E-state index in [-0.39, 0.29) is 95.7 Å². The normalized spacial score (nSPS) is 20.1. The summed E-state index contributed by atoms with van der Waals surface area (Å²) in [4.78, 5) is 89.7. The van der Waals surface area contributed by atoms with Crippen LogP contribution in [0.25, 0.3) is 0 Å². The molecule has 3 fully saturated rings. The minimum Gasteiger partial charge on any atom is -0.458 e. The molecule has 0 aliphatic carbocycles. The number of ketones is 2. The Kier molecular flexibility index (Phi) is 21.9. The van der Waals surface area contributed by atoms with E-state index in [2.05, 4.69) is 0 Å². The van der Waals surface area contributed by atoms with E-state index in [1.807, 2.05) is 11.0 Å². The summed E-state index contributed by atoms with van der Waals surface area (Å²) in [5.74, 6) is -5.43. The van der Waals surface area contributed by atoms with Crippen molar-refractivity contribution in [2.45, 2.75) is 221 Å². The minimum absolute atomic E-state index is 0.0659. The van der Waals surface area contributed by atoms with E-state index in [1.165, 1.54) is 14.7 Å². The predicted molar refractivity (Wildman–Crippen MR) is 331 cm³/mol. The highest BCUT2D eigenvalue weighted by atomic mass is 19.2. The SMILES string of the molecule is CC(C)(C)OC[C@](F)(C(=O)c1cccc(CN(Cc2cccc(C[C@@](F)(C(=O)OC(C)(C)C)[C@H]3CCN(C(=O)OC(C)(C)C)C3)c2)Cc2cccc(C(=O)[C@@](F)(COC(C)(C)C)[C@H]3CCN(C(=O)OC(C)(C)C)C3)c2)c1)[C@H]1CCN(C(=O)OC(C)(C)C)C1. The van der Waals surface area contributed by atoms with Crippen LogP contribution in [0, 0.1) is 17.8 Å². The first-order chi connectivity index (χ1) is 40.3. The highest BCUT2D eigenvalue weighted by Gasteiger charge is 2.54. The average molecular weight is 1230 g/mol. The molecule has 3 amide bonds. The van der Waals surface area contributed by atoms with Crippen molar-refractivity contribution in [2.75, 3.05) is 52.5 Å². The Morgan fingerprint density at radius 2 is 0.727 bits per heavy atom. The summed E-state index contributed by atoms with van der Waals surface area (Å²) in [6.07, 6.45) is -1.63. The van der Waals surface area contributed by atoms with Gasteiger partial charge in [0.05, 0.1) is 24.4 Å². The Morgan fingerprint density at radius 3 is 1.06 bits per heavy atom. The fraction of sp³-hybridized carbons (Fsp3) is 0.652. The predicted octanol–water partition coefficient (Wildman–Crippen LogP) is 13.7. The van der Waals surface area contributed by atoms with Crippen LogP contribution in [-0.4, -0.2) is 159 Å². The summed E-state index contributed by atoms with van der Waals surface area (Å²) >= 11 is 0. The number of carbonyl (C=O) groups excluding carboxylic acids is 6. The van der Waals surface area contributed by atoms with Crippen molar-refractivity contribution in [1.29, 1.82) is 0 Å². The van der Waals surface area contributed by atoms with Crippen molar-refractivity contribution < 1.29 is 70.4 Å². The molecule has 6 rings (SSSR count). The number of likely N-dealkylation sites (tertiary alicyclic amines) is 3. The van der Waals surface area contributed by atoms with E-state index in [9.17, 15) is 28.8 Å². The van der Waals surface area contributed by atoms with Crippen LogP contribution in [-0.2, 0) is 59.3 Å². The smallest absolute Gasteiger partial charge is 0.410 e. The Labute approximate surface area is 520 Å². The third-order valence-corrected chi connectivity index (χ3v) is 15.4. The molecule has 0 spiro atoms. The quantitative estimate of drug-likeness (QED) is 0.0595. The second-order valence-electron chi connectivity index (χ2n) is 30.3. The molecule has 3 aromatic carbocycles. The summed E-state index contributed by atoms with van der Waals surface area (Å²) in [6.45, 7) is 31.0. The molecule has 3 saturated heterocycles. The highest BCUT2D eigenvalue weighted by Crippen LogP contribution is 2.41. The molecule has 0 unspecified atom stereocenters. The highest BCUT2D eigenvalue weighted by molar-refractivity contribution is 6.04. The van der Waals surface area contributed by atoms with E-state index in [0.29, 0.717) is 22.3 Å². The van der Waals surface area contributed by atoms with Gasteiger partial charge in [-0.25, -0.2) is 32.3 Å². The molecule has 3 aliphatic rings. The zero-order valence-corrected chi connectivity index (χ0v) is 55.6. The van der Waals surface area contributed by atoms with Crippen molar-refractivity contribution in [1.82, 2.24) is 19.6 Å². The monoisotopic (exact) mass is 1230 g/mol. The maximum atomic E-state index is 18.0. The number of halogens is 3. The van der Waals surface area contributed by atoms with Crippen LogP contribution < -0.4 is 0 Å². The van der Waals surface area contributed by atoms with Gasteiger partial charge in [-0.3, -0.25) is 14.5 Å². The maximum Gasteiger partial charge on any atom is 0.410 e. The summed E-state index contributed by atoms with van der Waals surface area (Å²) < 4.78 is 88.7. The lowest BCUT2D eigenvalue weighted by atomic mass is 9.82. The zero-order chi connectivity index (χ0) is 65.8. The molecule has 16 nitrogen and oxygen atoms in total. The minimum atomic E-state index is -2.56. The number of hydrogen-bond donors (Lipinski definition) is 0. The molecule has 0 N–H and O–H groups in total. The van der Waals surface area contributed by atoms with Gasteiger partial charge in [-0.1, -0.05) is 60.7 Å². The molecule has 0 aromatic heterocycles. The first kappa shape index (κ1) is 71.0. The standard InChI is InChI=1S/C69H99F3N4O12/c1-61(2,3)83-44-68(71,53-29-32-75(42-53)59(81)87-65(13,14)15)55(77)50-26-20-24-48(35-50)39-73(38-47-23-19-22-46(34-47)37-67(70,57(79)85-63(7,8)9)52-28-31-74(41-52)58(80)86-64(10,11)12)40-49-25-21-27-51(36-49)56(78)69(72,45-84-62(4,5)6)54-30-33-76(43-54)60(82)88-66(16,17)18/h19-27,34-36,52-54H,28-33,37-45H2,1-18H3/t52-,53-,54-,67-,68+,69+/m0/s1. The lowest BCUT2D eigenvalue weighted by Crippen LogP contribution is -2.49. The topological polar surface area (TPSA) is 171 Å². The van der Waals surface area contributed by atoms with Crippen molar-refractivity contribution in [3.05, 3.63) is 106 Å². The molecule has 6 atom stereocenters. The van der Waals surface area contributed by atoms with Crippen LogP contribution in [0.4, 0.5) is 27.6 Å². The van der Waals surface area contributed by atoms with Crippen LogP contribution in [0.1, 0.15) is 187 Å². The Hall–Kier alpha value is -6.05. The Bertz CT molecular complexity index is 2840. The molecular weight excluding hydrogens is 1130 g/mol. The van der Waals surface area contributed by atoms with Crippen molar-refractivity contribution >= 4 is 35.8 Å². The number of amides is 3. The number of esters is 1. The molecule has 3 heterocycles. The third-order valence-electron chi connectivity index (χ3n) is 15.4. The average Bonchev–Trinajstić information content (AvgIpc) is 1.53. The van der Waals surface area contributed by atoms with Crippen LogP contribution in [0.3, 0.4) is 0 Å². The van der Waals surface area contributed by atoms with Crippen LogP contribution in [0.5, 0.6) is 0 Å². The van der Waals surface area contributed by atoms with Crippen molar-refractivity contribution in [2.24, 2.45) is 17.8 Å². The second-order valence-corrected chi connectivity index (χ2v) is 30.3. The van der Waals surface area contributed by atoms with Crippen molar-refractivity contribution in [3.8, 4) is 0 Å². The number of nitrogens with zero attached hydrogens (tertiary/aromatic N) is 4. The number of Topliss-reactive ketones (excluding diaryl/α,β-unsaturated/α-hetero) is 2. The second kappa shape index (κ2) is 27.2. The van der Waals surface area contributed by atoms with E-state index < -0.39 is 117 Å². The summed E-state index contributed by atoms with van der Waals surface area (Å²) in [6, 6.07) is 20.5. The zero-order valence-electron chi connectivity index (χ0n) is 55.6. The van der Waals surface area contributed by atoms with E-state index in [0.717, 1.165) is 0 Å². The van der Waals surface area contributed by atoms with Gasteiger partial charge in [-0.2, -0.15) is 0 Å². The fourth-order valence-electron chi connectivity index (χ4n) is 11.2. The largest absolute Gasteiger partial charge is 0.458 e. The van der Waals surface area contributed by atoms with Gasteiger partial charge in [0, 0.05) is 94.2 Å². The lowest BCUT2D eigenvalue weighted by Gasteiger charge is -2.33. The first-order valence-corrected chi connectivity index (χ1v) is 30.9. The molecule has 0 bridgehead atoms. The van der Waals surface area contributed by atoms with Crippen molar-refractivity contribution in [3.63, 3.8) is 0 Å². The van der Waals surface area contributed by atoms with Gasteiger partial charge < -0.3 is 43.1 Å². The summed E-state index contributed by atoms with van der Waals surface area (Å²) in [5.41, 5.74) is -10.1. The summed E-state index contributed by atoms with van der Waals surface area (Å²) in [7, 11) is 0. The molecule has 3 aromatic rings. The Morgan fingerprint density at radius 1 is 0.420 bits per heavy atom. The van der Waals surface area contributed by atoms with Crippen LogP contribution in [0.2, 0.25) is 0 Å². The number of benzene rings is 3. The van der Waals surface area contributed by atoms with E-state index in [4.69, 9.17) is 28.4 Å². The van der Waals surface area contributed by atoms with Gasteiger partial charge in [0.2, 0.25) is 28.6 Å². The molecule has 488 valence electrons. The van der Waals surface area contributed by atoms with E-state index in [1.54, 1.807) is 191 Å². The van der Waals surface area contributed by atoms with Crippen LogP contribution in [0.15, 0.2) is 72.8 Å². The number of alkyl halides is 3. The van der Waals surface area contributed by atoms with E-state index >= 15 is 13.2 Å². The molecule has 19 heteroatoms. The van der Waals surface area contributed by atoms with Gasteiger partial charge in [0.1, 0.15) is 22.4 Å². The molecule has 0 saturated carbocycles.